The molecule has 2 aromatic rings. The molecule has 2 rings (SSSR count). The number of aryl methyl sites for hydroxylation is 1. The number of alkyl halides is 3. The second-order valence-corrected chi connectivity index (χ2v) is 6.96. The average molecular weight is 509 g/mol. The standard InChI is InChI=1S/C19H26F3N5.HI/c1-5-23-17(24-12-16-9-10-26-27(16)4)25-13-18(2,3)14-7-6-8-15(11-14)19(20,21)22;/h6-11H,5,12-13H2,1-4H3,(H2,23,24,25);1H. The second-order valence-electron chi connectivity index (χ2n) is 6.96. The maximum Gasteiger partial charge on any atom is 0.416 e. The molecule has 1 heterocycles. The van der Waals surface area contributed by atoms with Gasteiger partial charge >= 0.3 is 6.18 Å². The fourth-order valence-electron chi connectivity index (χ4n) is 2.58. The molecule has 0 unspecified atom stereocenters. The molecule has 0 radical (unpaired) electrons. The lowest BCUT2D eigenvalue weighted by atomic mass is 9.84. The van der Waals surface area contributed by atoms with Crippen LogP contribution in [0.4, 0.5) is 13.2 Å². The van der Waals surface area contributed by atoms with Gasteiger partial charge in [0.25, 0.3) is 0 Å². The highest BCUT2D eigenvalue weighted by Gasteiger charge is 2.32. The predicted octanol–water partition coefficient (Wildman–Crippen LogP) is 4.09. The minimum absolute atomic E-state index is 0. The first-order valence-electron chi connectivity index (χ1n) is 8.80. The van der Waals surface area contributed by atoms with E-state index >= 15 is 0 Å². The molecule has 0 saturated carbocycles. The van der Waals surface area contributed by atoms with Crippen LogP contribution in [0.3, 0.4) is 0 Å². The summed E-state index contributed by atoms with van der Waals surface area (Å²) in [5, 5.41) is 10.5. The molecule has 0 spiro atoms. The molecule has 1 aromatic heterocycles. The van der Waals surface area contributed by atoms with Crippen molar-refractivity contribution >= 4 is 29.9 Å². The first-order valence-corrected chi connectivity index (χ1v) is 8.80. The van der Waals surface area contributed by atoms with E-state index in [4.69, 9.17) is 0 Å². The number of halogens is 4. The lowest BCUT2D eigenvalue weighted by molar-refractivity contribution is -0.137. The van der Waals surface area contributed by atoms with E-state index in [1.807, 2.05) is 33.9 Å². The van der Waals surface area contributed by atoms with Crippen LogP contribution in [0.25, 0.3) is 0 Å². The summed E-state index contributed by atoms with van der Waals surface area (Å²) in [4.78, 5) is 4.52. The molecule has 0 aliphatic carbocycles. The Morgan fingerprint density at radius 3 is 2.39 bits per heavy atom. The Morgan fingerprint density at radius 2 is 1.82 bits per heavy atom. The number of nitrogens with zero attached hydrogens (tertiary/aromatic N) is 3. The third kappa shape index (κ3) is 6.68. The van der Waals surface area contributed by atoms with Crippen molar-refractivity contribution in [3.63, 3.8) is 0 Å². The van der Waals surface area contributed by atoms with E-state index in [2.05, 4.69) is 20.7 Å². The zero-order valence-corrected chi connectivity index (χ0v) is 18.8. The second kappa shape index (κ2) is 10.1. The number of benzene rings is 1. The Hall–Kier alpha value is -1.78. The first-order chi connectivity index (χ1) is 12.6. The van der Waals surface area contributed by atoms with Crippen LogP contribution in [-0.4, -0.2) is 28.8 Å². The third-order valence-corrected chi connectivity index (χ3v) is 4.33. The smallest absolute Gasteiger partial charge is 0.357 e. The summed E-state index contributed by atoms with van der Waals surface area (Å²) in [7, 11) is 1.85. The van der Waals surface area contributed by atoms with E-state index < -0.39 is 17.2 Å². The van der Waals surface area contributed by atoms with Gasteiger partial charge in [-0.05, 0) is 24.6 Å². The van der Waals surface area contributed by atoms with Crippen LogP contribution in [-0.2, 0) is 25.2 Å². The number of hydrogen-bond donors (Lipinski definition) is 2. The summed E-state index contributed by atoms with van der Waals surface area (Å²) in [5.41, 5.74) is 0.436. The predicted molar refractivity (Wildman–Crippen MR) is 116 cm³/mol. The first kappa shape index (κ1) is 24.3. The molecular weight excluding hydrogens is 482 g/mol. The van der Waals surface area contributed by atoms with Gasteiger partial charge in [-0.2, -0.15) is 18.3 Å². The highest BCUT2D eigenvalue weighted by atomic mass is 127. The minimum Gasteiger partial charge on any atom is -0.357 e. The quantitative estimate of drug-likeness (QED) is 0.351. The summed E-state index contributed by atoms with van der Waals surface area (Å²) in [6.45, 7) is 7.34. The van der Waals surface area contributed by atoms with Crippen LogP contribution in [0, 0.1) is 0 Å². The van der Waals surface area contributed by atoms with E-state index in [-0.39, 0.29) is 24.0 Å². The number of nitrogens with one attached hydrogen (secondary N) is 2. The number of hydrogen-bond acceptors (Lipinski definition) is 2. The molecular formula is C19H27F3IN5. The molecule has 2 N–H and O–H groups in total. The van der Waals surface area contributed by atoms with Crippen molar-refractivity contribution in [2.45, 2.75) is 38.9 Å². The third-order valence-electron chi connectivity index (χ3n) is 4.33. The molecule has 28 heavy (non-hydrogen) atoms. The van der Waals surface area contributed by atoms with Gasteiger partial charge in [0.05, 0.1) is 17.8 Å². The van der Waals surface area contributed by atoms with E-state index in [0.29, 0.717) is 31.2 Å². The van der Waals surface area contributed by atoms with Gasteiger partial charge in [0.2, 0.25) is 0 Å². The molecule has 0 saturated heterocycles. The van der Waals surface area contributed by atoms with Crippen molar-refractivity contribution in [3.8, 4) is 0 Å². The fourth-order valence-corrected chi connectivity index (χ4v) is 2.58. The van der Waals surface area contributed by atoms with Gasteiger partial charge in [-0.25, -0.2) is 4.99 Å². The molecule has 156 valence electrons. The lowest BCUT2D eigenvalue weighted by Gasteiger charge is -2.27. The van der Waals surface area contributed by atoms with Crippen LogP contribution in [0.1, 0.15) is 37.6 Å². The molecule has 0 amide bonds. The number of guanidine groups is 1. The van der Waals surface area contributed by atoms with Gasteiger partial charge in [0, 0.05) is 31.7 Å². The molecule has 0 aliphatic heterocycles. The van der Waals surface area contributed by atoms with Crippen LogP contribution < -0.4 is 10.6 Å². The zero-order chi connectivity index (χ0) is 20.1. The fraction of sp³-hybridized carbons (Fsp3) is 0.474. The van der Waals surface area contributed by atoms with Crippen LogP contribution in [0.15, 0.2) is 41.5 Å². The Morgan fingerprint density at radius 1 is 1.14 bits per heavy atom. The van der Waals surface area contributed by atoms with Crippen molar-refractivity contribution < 1.29 is 13.2 Å². The van der Waals surface area contributed by atoms with Crippen molar-refractivity contribution in [3.05, 3.63) is 53.3 Å². The van der Waals surface area contributed by atoms with E-state index in [1.54, 1.807) is 16.9 Å². The summed E-state index contributed by atoms with van der Waals surface area (Å²) in [6, 6.07) is 7.35. The van der Waals surface area contributed by atoms with Crippen molar-refractivity contribution in [2.75, 3.05) is 13.1 Å². The molecule has 0 bridgehead atoms. The molecule has 1 aromatic carbocycles. The summed E-state index contributed by atoms with van der Waals surface area (Å²) in [5.74, 6) is 0.610. The Labute approximate surface area is 180 Å². The zero-order valence-electron chi connectivity index (χ0n) is 16.5. The monoisotopic (exact) mass is 509 g/mol. The molecule has 5 nitrogen and oxygen atoms in total. The van der Waals surface area contributed by atoms with E-state index in [9.17, 15) is 13.2 Å². The Bertz CT molecular complexity index is 784. The van der Waals surface area contributed by atoms with Gasteiger partial charge in [0.1, 0.15) is 0 Å². The lowest BCUT2D eigenvalue weighted by Crippen LogP contribution is -2.43. The molecule has 0 atom stereocenters. The maximum absolute atomic E-state index is 13.0. The summed E-state index contributed by atoms with van der Waals surface area (Å²) in [6.07, 6.45) is -2.64. The molecule has 0 aliphatic rings. The van der Waals surface area contributed by atoms with Gasteiger partial charge in [-0.1, -0.05) is 32.0 Å². The number of rotatable bonds is 6. The minimum atomic E-state index is -4.35. The molecule has 0 fully saturated rings. The van der Waals surface area contributed by atoms with Crippen molar-refractivity contribution in [1.29, 1.82) is 0 Å². The number of aromatic nitrogens is 2. The van der Waals surface area contributed by atoms with Crippen molar-refractivity contribution in [2.24, 2.45) is 12.0 Å². The van der Waals surface area contributed by atoms with Gasteiger partial charge in [-0.15, -0.1) is 24.0 Å². The topological polar surface area (TPSA) is 54.2 Å². The Balaban J connectivity index is 0.00000392. The highest BCUT2D eigenvalue weighted by molar-refractivity contribution is 14.0. The van der Waals surface area contributed by atoms with Crippen LogP contribution >= 0.6 is 24.0 Å². The summed E-state index contributed by atoms with van der Waals surface area (Å²) >= 11 is 0. The van der Waals surface area contributed by atoms with Gasteiger partial charge in [-0.3, -0.25) is 4.68 Å². The SMILES string of the molecule is CCNC(=NCc1ccnn1C)NCC(C)(C)c1cccc(C(F)(F)F)c1.I. The molecule has 9 heteroatoms. The van der Waals surface area contributed by atoms with Crippen LogP contribution in [0.5, 0.6) is 0 Å². The van der Waals surface area contributed by atoms with E-state index in [1.165, 1.54) is 12.1 Å². The average Bonchev–Trinajstić information content (AvgIpc) is 3.02. The highest BCUT2D eigenvalue weighted by Crippen LogP contribution is 2.32. The van der Waals surface area contributed by atoms with Gasteiger partial charge < -0.3 is 10.6 Å². The largest absolute Gasteiger partial charge is 0.416 e. The Kier molecular flexibility index (Phi) is 8.77. The van der Waals surface area contributed by atoms with Crippen LogP contribution in [0.2, 0.25) is 0 Å². The van der Waals surface area contributed by atoms with E-state index in [0.717, 1.165) is 11.8 Å². The summed E-state index contributed by atoms with van der Waals surface area (Å²) < 4.78 is 40.7. The number of aliphatic imine (C=N–C) groups is 1. The van der Waals surface area contributed by atoms with Gasteiger partial charge in [0.15, 0.2) is 5.96 Å². The van der Waals surface area contributed by atoms with Crippen molar-refractivity contribution in [1.82, 2.24) is 20.4 Å². The normalized spacial score (nSPS) is 12.5. The maximum atomic E-state index is 13.0.